The van der Waals surface area contributed by atoms with Gasteiger partial charge < -0.3 is 19.7 Å². The average Bonchev–Trinajstić information content (AvgIpc) is 3.34. The first kappa shape index (κ1) is 25.3. The van der Waals surface area contributed by atoms with Crippen molar-refractivity contribution in [1.82, 2.24) is 25.1 Å². The van der Waals surface area contributed by atoms with Gasteiger partial charge in [0, 0.05) is 25.4 Å². The van der Waals surface area contributed by atoms with Crippen molar-refractivity contribution in [2.24, 2.45) is 0 Å². The van der Waals surface area contributed by atoms with Crippen LogP contribution in [0.5, 0.6) is 5.75 Å². The van der Waals surface area contributed by atoms with E-state index in [0.717, 1.165) is 58.0 Å². The number of nitrogens with zero attached hydrogens (tertiary/aromatic N) is 5. The van der Waals surface area contributed by atoms with Gasteiger partial charge in [-0.2, -0.15) is 5.10 Å². The quantitative estimate of drug-likeness (QED) is 0.246. The highest BCUT2D eigenvalue weighted by Gasteiger charge is 2.21. The van der Waals surface area contributed by atoms with Crippen LogP contribution in [0.3, 0.4) is 0 Å². The van der Waals surface area contributed by atoms with Gasteiger partial charge in [-0.1, -0.05) is 49.0 Å². The third-order valence-corrected chi connectivity index (χ3v) is 7.28. The second kappa shape index (κ2) is 11.8. The van der Waals surface area contributed by atoms with Gasteiger partial charge in [0.25, 0.3) is 5.91 Å². The van der Waals surface area contributed by atoms with Crippen LogP contribution in [0.25, 0.3) is 21.8 Å². The molecule has 2 aromatic heterocycles. The summed E-state index contributed by atoms with van der Waals surface area (Å²) in [5.74, 6) is 2.27. The Balaban J connectivity index is 1.37. The molecule has 10 heteroatoms. The number of amides is 1. The lowest BCUT2D eigenvalue weighted by Crippen LogP contribution is -2.37. The number of hydrogen-bond donors (Lipinski definition) is 1. The fraction of sp³-hybridized carbons (Fsp3) is 0.407. The predicted octanol–water partition coefficient (Wildman–Crippen LogP) is 4.15. The number of carbonyl (C=O) groups is 1. The van der Waals surface area contributed by atoms with E-state index in [4.69, 9.17) is 19.4 Å². The van der Waals surface area contributed by atoms with E-state index in [-0.39, 0.29) is 5.91 Å². The molecule has 0 atom stereocenters. The number of hydrogen-bond acceptors (Lipinski definition) is 8. The number of aromatic nitrogens is 4. The van der Waals surface area contributed by atoms with Crippen LogP contribution in [0.4, 0.5) is 5.82 Å². The third kappa shape index (κ3) is 5.50. The topological polar surface area (TPSA) is 94.4 Å². The molecule has 0 saturated carbocycles. The molecule has 1 amide bonds. The van der Waals surface area contributed by atoms with Gasteiger partial charge in [0.1, 0.15) is 11.6 Å². The van der Waals surface area contributed by atoms with Crippen molar-refractivity contribution in [3.63, 3.8) is 0 Å². The molecule has 1 aliphatic rings. The standard InChI is InChI=1S/C27H32N6O3S/c1-3-17-37-27-30-24(32-13-15-35-16-14-32)21-18-29-33(25(21)31-27)12-11-28-26(34)23-20-8-6-5-7-19(20)9-10-22(23)36-4-2/h5-10,18H,3-4,11-17H2,1-2H3,(H,28,34). The number of ether oxygens (including phenoxy) is 2. The molecule has 1 aliphatic heterocycles. The molecule has 0 aliphatic carbocycles. The highest BCUT2D eigenvalue weighted by Crippen LogP contribution is 2.29. The summed E-state index contributed by atoms with van der Waals surface area (Å²) in [6.45, 7) is 8.38. The molecule has 2 aromatic carbocycles. The minimum Gasteiger partial charge on any atom is -0.493 e. The van der Waals surface area contributed by atoms with Crippen molar-refractivity contribution in [3.05, 3.63) is 48.2 Å². The van der Waals surface area contributed by atoms with E-state index < -0.39 is 0 Å². The summed E-state index contributed by atoms with van der Waals surface area (Å²) in [6, 6.07) is 11.7. The summed E-state index contributed by atoms with van der Waals surface area (Å²) < 4.78 is 13.2. The van der Waals surface area contributed by atoms with E-state index in [9.17, 15) is 4.79 Å². The maximum Gasteiger partial charge on any atom is 0.255 e. The zero-order valence-corrected chi connectivity index (χ0v) is 22.1. The van der Waals surface area contributed by atoms with Crippen LogP contribution in [-0.4, -0.2) is 70.9 Å². The van der Waals surface area contributed by atoms with Crippen molar-refractivity contribution in [2.45, 2.75) is 32.0 Å². The molecular formula is C27H32N6O3S. The summed E-state index contributed by atoms with van der Waals surface area (Å²) in [5.41, 5.74) is 1.34. The number of morpholine rings is 1. The number of benzene rings is 2. The Kier molecular flexibility index (Phi) is 8.05. The third-order valence-electron chi connectivity index (χ3n) is 6.23. The Morgan fingerprint density at radius 2 is 1.95 bits per heavy atom. The molecule has 9 nitrogen and oxygen atoms in total. The van der Waals surface area contributed by atoms with Gasteiger partial charge in [-0.25, -0.2) is 14.6 Å². The Morgan fingerprint density at radius 3 is 2.76 bits per heavy atom. The van der Waals surface area contributed by atoms with Crippen LogP contribution < -0.4 is 15.0 Å². The van der Waals surface area contributed by atoms with Gasteiger partial charge in [0.2, 0.25) is 0 Å². The maximum atomic E-state index is 13.3. The van der Waals surface area contributed by atoms with Gasteiger partial charge in [0.05, 0.1) is 43.5 Å². The molecule has 194 valence electrons. The molecule has 37 heavy (non-hydrogen) atoms. The lowest BCUT2D eigenvalue weighted by atomic mass is 10.0. The lowest BCUT2D eigenvalue weighted by Gasteiger charge is -2.28. The van der Waals surface area contributed by atoms with Crippen LogP contribution in [-0.2, 0) is 11.3 Å². The second-order valence-corrected chi connectivity index (χ2v) is 9.79. The highest BCUT2D eigenvalue weighted by molar-refractivity contribution is 7.99. The molecule has 5 rings (SSSR count). The largest absolute Gasteiger partial charge is 0.493 e. The predicted molar refractivity (Wildman–Crippen MR) is 147 cm³/mol. The van der Waals surface area contributed by atoms with E-state index >= 15 is 0 Å². The zero-order chi connectivity index (χ0) is 25.6. The van der Waals surface area contributed by atoms with Crippen LogP contribution in [0.15, 0.2) is 47.8 Å². The molecule has 4 aromatic rings. The molecule has 0 radical (unpaired) electrons. The highest BCUT2D eigenvalue weighted by atomic mass is 32.2. The van der Waals surface area contributed by atoms with Gasteiger partial charge >= 0.3 is 0 Å². The fourth-order valence-corrected chi connectivity index (χ4v) is 5.17. The summed E-state index contributed by atoms with van der Waals surface area (Å²) >= 11 is 1.65. The maximum absolute atomic E-state index is 13.3. The van der Waals surface area contributed by atoms with E-state index in [1.165, 1.54) is 0 Å². The van der Waals surface area contributed by atoms with Crippen molar-refractivity contribution >= 4 is 45.3 Å². The zero-order valence-electron chi connectivity index (χ0n) is 21.3. The van der Waals surface area contributed by atoms with E-state index in [2.05, 4.69) is 22.2 Å². The minimum absolute atomic E-state index is 0.167. The Labute approximate surface area is 220 Å². The average molecular weight is 521 g/mol. The van der Waals surface area contributed by atoms with Crippen molar-refractivity contribution in [2.75, 3.05) is 50.1 Å². The smallest absolute Gasteiger partial charge is 0.255 e. The Morgan fingerprint density at radius 1 is 1.11 bits per heavy atom. The monoisotopic (exact) mass is 520 g/mol. The van der Waals surface area contributed by atoms with Crippen molar-refractivity contribution < 1.29 is 14.3 Å². The van der Waals surface area contributed by atoms with Crippen LogP contribution in [0.2, 0.25) is 0 Å². The molecule has 1 N–H and O–H groups in total. The SMILES string of the molecule is CCCSc1nc(N2CCOCC2)c2cnn(CCNC(=O)c3c(OCC)ccc4ccccc34)c2n1. The van der Waals surface area contributed by atoms with Crippen LogP contribution in [0, 0.1) is 0 Å². The van der Waals surface area contributed by atoms with E-state index in [1.807, 2.05) is 54.2 Å². The number of nitrogens with one attached hydrogen (secondary N) is 1. The van der Waals surface area contributed by atoms with Gasteiger partial charge in [-0.05, 0) is 30.2 Å². The molecule has 0 spiro atoms. The van der Waals surface area contributed by atoms with E-state index in [1.54, 1.807) is 11.8 Å². The normalized spacial score (nSPS) is 13.8. The number of anilines is 1. The summed E-state index contributed by atoms with van der Waals surface area (Å²) in [4.78, 5) is 25.2. The van der Waals surface area contributed by atoms with Gasteiger partial charge in [-0.15, -0.1) is 0 Å². The summed E-state index contributed by atoms with van der Waals surface area (Å²) in [7, 11) is 0. The molecule has 0 bridgehead atoms. The molecule has 1 fully saturated rings. The number of thioether (sulfide) groups is 1. The Hall–Kier alpha value is -3.37. The first-order valence-electron chi connectivity index (χ1n) is 12.8. The Bertz CT molecular complexity index is 1390. The first-order chi connectivity index (χ1) is 18.2. The van der Waals surface area contributed by atoms with Gasteiger partial charge in [-0.3, -0.25) is 4.79 Å². The first-order valence-corrected chi connectivity index (χ1v) is 13.8. The van der Waals surface area contributed by atoms with Crippen LogP contribution in [0.1, 0.15) is 30.6 Å². The molecular weight excluding hydrogens is 488 g/mol. The number of rotatable bonds is 10. The minimum atomic E-state index is -0.167. The van der Waals surface area contributed by atoms with Crippen molar-refractivity contribution in [1.29, 1.82) is 0 Å². The molecule has 3 heterocycles. The van der Waals surface area contributed by atoms with E-state index in [0.29, 0.717) is 44.2 Å². The van der Waals surface area contributed by atoms with Gasteiger partial charge in [0.15, 0.2) is 10.8 Å². The molecule has 0 unspecified atom stereocenters. The summed E-state index contributed by atoms with van der Waals surface area (Å²) in [6.07, 6.45) is 2.87. The number of fused-ring (bicyclic) bond motifs is 2. The second-order valence-electron chi connectivity index (χ2n) is 8.73. The van der Waals surface area contributed by atoms with Crippen LogP contribution >= 0.6 is 11.8 Å². The fourth-order valence-electron chi connectivity index (χ4n) is 4.48. The summed E-state index contributed by atoms with van der Waals surface area (Å²) in [5, 5.41) is 11.2. The number of carbonyl (C=O) groups excluding carboxylic acids is 1. The molecule has 1 saturated heterocycles. The van der Waals surface area contributed by atoms with Crippen molar-refractivity contribution in [3.8, 4) is 5.75 Å². The lowest BCUT2D eigenvalue weighted by molar-refractivity contribution is 0.0950.